The minimum Gasteiger partial charge on any atom is -0.311 e. The van der Waals surface area contributed by atoms with Crippen LogP contribution in [0.3, 0.4) is 0 Å². The molecule has 1 aliphatic carbocycles. The second-order valence-electron chi connectivity index (χ2n) is 17.1. The second-order valence-corrected chi connectivity index (χ2v) is 17.1. The summed E-state index contributed by atoms with van der Waals surface area (Å²) in [5, 5.41) is 0. The van der Waals surface area contributed by atoms with Gasteiger partial charge in [0.05, 0.1) is 21.0 Å². The zero-order valence-corrected chi connectivity index (χ0v) is 34.1. The van der Waals surface area contributed by atoms with E-state index in [1.165, 1.54) is 10.9 Å². The van der Waals surface area contributed by atoms with Crippen molar-refractivity contribution in [2.45, 2.75) is 51.9 Å². The molecule has 4 heteroatoms. The first-order valence-electron chi connectivity index (χ1n) is 24.5. The number of hydrogen-bond donors (Lipinski definition) is 0. The first-order chi connectivity index (χ1) is 32.3. The third-order valence-electron chi connectivity index (χ3n) is 12.4. The van der Waals surface area contributed by atoms with Crippen LogP contribution < -0.4 is 31.1 Å². The molecule has 0 saturated carbocycles. The third-order valence-corrected chi connectivity index (χ3v) is 12.4. The Balaban J connectivity index is 1.32. The van der Waals surface area contributed by atoms with Gasteiger partial charge in [-0.3, -0.25) is 0 Å². The average molecular weight is 781 g/mol. The van der Waals surface area contributed by atoms with E-state index in [0.717, 1.165) is 80.5 Å². The molecule has 2 aliphatic heterocycles. The molecule has 11 rings (SSSR count). The normalized spacial score (nSPS) is 15.5. The number of nitrogens with zero attached hydrogens (tertiary/aromatic N) is 3. The van der Waals surface area contributed by atoms with Crippen molar-refractivity contribution in [1.29, 1.82) is 0 Å². The molecule has 60 heavy (non-hydrogen) atoms. The fourth-order valence-electron chi connectivity index (χ4n) is 9.70. The van der Waals surface area contributed by atoms with E-state index in [2.05, 4.69) is 169 Å². The summed E-state index contributed by atoms with van der Waals surface area (Å²) in [6.45, 7) is 6.43. The lowest BCUT2D eigenvalue weighted by molar-refractivity contribution is 0.590. The van der Waals surface area contributed by atoms with Crippen molar-refractivity contribution in [2.24, 2.45) is 0 Å². The van der Waals surface area contributed by atoms with E-state index in [1.54, 1.807) is 0 Å². The van der Waals surface area contributed by atoms with Crippen molar-refractivity contribution in [1.82, 2.24) is 0 Å². The Kier molecular flexibility index (Phi) is 7.11. The predicted octanol–water partition coefficient (Wildman–Crippen LogP) is 13.1. The zero-order chi connectivity index (χ0) is 46.5. The highest BCUT2D eigenvalue weighted by Gasteiger charge is 2.44. The molecule has 0 bridgehead atoms. The van der Waals surface area contributed by atoms with Crippen LogP contribution in [0.4, 0.5) is 51.2 Å². The maximum Gasteiger partial charge on any atom is 0.252 e. The van der Waals surface area contributed by atoms with Crippen molar-refractivity contribution >= 4 is 74.3 Å². The molecule has 0 fully saturated rings. The lowest BCUT2D eigenvalue weighted by Gasteiger charge is -2.45. The van der Waals surface area contributed by atoms with Crippen LogP contribution in [0.2, 0.25) is 0 Å². The molecule has 3 aliphatic rings. The van der Waals surface area contributed by atoms with E-state index in [0.29, 0.717) is 18.5 Å². The topological polar surface area (TPSA) is 9.72 Å². The van der Waals surface area contributed by atoms with Crippen molar-refractivity contribution in [3.63, 3.8) is 0 Å². The Morgan fingerprint density at radius 2 is 1.10 bits per heavy atom. The maximum absolute atomic E-state index is 9.89. The smallest absolute Gasteiger partial charge is 0.252 e. The molecule has 2 heterocycles. The van der Waals surface area contributed by atoms with Crippen LogP contribution >= 0.6 is 0 Å². The summed E-state index contributed by atoms with van der Waals surface area (Å²) in [5.74, 6) is 0. The average Bonchev–Trinajstić information content (AvgIpc) is 3.35. The summed E-state index contributed by atoms with van der Waals surface area (Å²) in [5.41, 5.74) is 14.3. The monoisotopic (exact) mass is 780 g/mol. The van der Waals surface area contributed by atoms with Crippen molar-refractivity contribution in [3.05, 3.63) is 205 Å². The van der Waals surface area contributed by atoms with Gasteiger partial charge in [0.1, 0.15) is 0 Å². The van der Waals surface area contributed by atoms with Gasteiger partial charge in [0, 0.05) is 45.4 Å². The van der Waals surface area contributed by atoms with E-state index < -0.39 is 30.2 Å². The molecule has 0 amide bonds. The van der Waals surface area contributed by atoms with Crippen LogP contribution in [0, 0.1) is 0 Å². The molecule has 0 spiro atoms. The number of para-hydroxylation sites is 4. The fraction of sp³-hybridized carbons (Fsp3) is 0.143. The number of anilines is 9. The van der Waals surface area contributed by atoms with Gasteiger partial charge in [-0.05, 0) is 130 Å². The van der Waals surface area contributed by atoms with E-state index in [-0.39, 0.29) is 35.3 Å². The van der Waals surface area contributed by atoms with Gasteiger partial charge in [-0.15, -0.1) is 0 Å². The SMILES string of the molecule is [2H]c1c([2H])c([2H])c(-c2c([2H])c([2H])c3c(c2N(c2ccc(C(C)(C)C)cc2)c2cc4c5c(c2)N(c2ccccc2)c2ccccc2B5c2ccccc2N4c2ccccc2)CCCC3)c([2H])c1[2H]. The number of rotatable bonds is 6. The molecular formula is C56H48BN3. The van der Waals surface area contributed by atoms with Gasteiger partial charge in [0.25, 0.3) is 6.71 Å². The Morgan fingerprint density at radius 3 is 1.68 bits per heavy atom. The molecule has 8 aromatic rings. The molecule has 0 atom stereocenters. The van der Waals surface area contributed by atoms with Crippen LogP contribution in [0.15, 0.2) is 188 Å². The van der Waals surface area contributed by atoms with Gasteiger partial charge in [-0.2, -0.15) is 0 Å². The quantitative estimate of drug-likeness (QED) is 0.156. The summed E-state index contributed by atoms with van der Waals surface area (Å²) in [7, 11) is 0. The van der Waals surface area contributed by atoms with Crippen LogP contribution in [0.25, 0.3) is 11.1 Å². The Hall–Kier alpha value is -6.78. The van der Waals surface area contributed by atoms with E-state index in [4.69, 9.17) is 4.11 Å². The lowest BCUT2D eigenvalue weighted by Crippen LogP contribution is -2.61. The van der Waals surface area contributed by atoms with Gasteiger partial charge < -0.3 is 14.7 Å². The number of hydrogen-bond acceptors (Lipinski definition) is 3. The molecular weight excluding hydrogens is 725 g/mol. The first-order valence-corrected chi connectivity index (χ1v) is 21.0. The zero-order valence-electron chi connectivity index (χ0n) is 41.1. The first kappa shape index (κ1) is 29.4. The molecule has 0 radical (unpaired) electrons. The van der Waals surface area contributed by atoms with Crippen LogP contribution in [0.1, 0.15) is 59.9 Å². The van der Waals surface area contributed by atoms with E-state index in [9.17, 15) is 5.48 Å². The molecule has 0 saturated heterocycles. The number of fused-ring (bicyclic) bond motifs is 5. The molecule has 3 nitrogen and oxygen atoms in total. The van der Waals surface area contributed by atoms with Crippen LogP contribution in [0.5, 0.6) is 0 Å². The molecule has 0 aromatic heterocycles. The highest BCUT2D eigenvalue weighted by Crippen LogP contribution is 2.51. The number of benzene rings is 8. The van der Waals surface area contributed by atoms with Crippen LogP contribution in [-0.2, 0) is 18.3 Å². The summed E-state index contributed by atoms with van der Waals surface area (Å²) in [6.07, 6.45) is 2.87. The van der Waals surface area contributed by atoms with Crippen molar-refractivity contribution in [2.75, 3.05) is 14.7 Å². The summed E-state index contributed by atoms with van der Waals surface area (Å²) in [6, 6.07) is 48.7. The van der Waals surface area contributed by atoms with Crippen molar-refractivity contribution in [3.8, 4) is 11.1 Å². The van der Waals surface area contributed by atoms with Gasteiger partial charge in [-0.1, -0.05) is 148 Å². The summed E-state index contributed by atoms with van der Waals surface area (Å²) < 4.78 is 64.4. The highest BCUT2D eigenvalue weighted by molar-refractivity contribution is 7.00. The van der Waals surface area contributed by atoms with Crippen molar-refractivity contribution < 1.29 is 9.60 Å². The largest absolute Gasteiger partial charge is 0.311 e. The fourth-order valence-corrected chi connectivity index (χ4v) is 9.70. The standard InChI is InChI=1S/C56H48BN3/c1-56(2,3)41-32-34-44(35-33-41)58(55-46-26-14-13-21-40(46)31-36-47(55)39-19-7-4-8-20-39)45-37-52-54-53(38-45)60(43-24-11-6-12-25-43)51-30-18-16-28-49(51)57(54)48-27-15-17-29-50(48)59(52)42-22-9-5-10-23-42/h4-12,15-20,22-25,27-38H,13-14,21,26H2,1-3H3/i4D,7D,8D,19D,20D,31D,36D. The summed E-state index contributed by atoms with van der Waals surface area (Å²) in [4.78, 5) is 6.85. The maximum atomic E-state index is 9.89. The van der Waals surface area contributed by atoms with Gasteiger partial charge in [0.15, 0.2) is 0 Å². The minimum absolute atomic E-state index is 0.0328. The van der Waals surface area contributed by atoms with E-state index >= 15 is 0 Å². The van der Waals surface area contributed by atoms with Gasteiger partial charge >= 0.3 is 0 Å². The van der Waals surface area contributed by atoms with Crippen LogP contribution in [-0.4, -0.2) is 6.71 Å². The van der Waals surface area contributed by atoms with E-state index in [1.807, 2.05) is 12.1 Å². The van der Waals surface area contributed by atoms with Gasteiger partial charge in [0.2, 0.25) is 0 Å². The lowest BCUT2D eigenvalue weighted by atomic mass is 9.33. The second kappa shape index (κ2) is 14.5. The van der Waals surface area contributed by atoms with Gasteiger partial charge in [-0.25, -0.2) is 0 Å². The minimum atomic E-state index is -0.503. The third kappa shape index (κ3) is 5.96. The predicted molar refractivity (Wildman–Crippen MR) is 256 cm³/mol. The molecule has 0 unspecified atom stereocenters. The molecule has 0 N–H and O–H groups in total. The Labute approximate surface area is 365 Å². The molecule has 290 valence electrons. The Bertz CT molecular complexity index is 3140. The Morgan fingerprint density at radius 1 is 0.550 bits per heavy atom. The summed E-state index contributed by atoms with van der Waals surface area (Å²) >= 11 is 0. The molecule has 8 aromatic carbocycles. The highest BCUT2D eigenvalue weighted by atomic mass is 15.2.